The SMILES string of the molecule is CCOC(=O)[C@@H]1[C@H](c2ccccc2)NC(=S)N[C@]1(O)C(F)(F)C(F)(F)C(F)(F)C(F)(F)F. The van der Waals surface area contributed by atoms with Gasteiger partial charge in [-0.3, -0.25) is 4.79 Å². The van der Waals surface area contributed by atoms with Gasteiger partial charge >= 0.3 is 29.9 Å². The summed E-state index contributed by atoms with van der Waals surface area (Å²) in [4.78, 5) is 12.4. The van der Waals surface area contributed by atoms with Crippen molar-refractivity contribution < 1.29 is 54.2 Å². The molecule has 2 rings (SSSR count). The molecule has 15 heteroatoms. The Balaban J connectivity index is 2.75. The van der Waals surface area contributed by atoms with Crippen LogP contribution in [0.15, 0.2) is 30.3 Å². The van der Waals surface area contributed by atoms with Gasteiger partial charge in [-0.2, -0.15) is 39.5 Å². The van der Waals surface area contributed by atoms with Crippen LogP contribution in [0.5, 0.6) is 0 Å². The Morgan fingerprint density at radius 2 is 1.59 bits per heavy atom. The first kappa shape index (κ1) is 26.0. The second kappa shape index (κ2) is 8.24. The normalized spacial score (nSPS) is 25.0. The van der Waals surface area contributed by atoms with Crippen LogP contribution in [0.25, 0.3) is 0 Å². The fourth-order valence-corrected chi connectivity index (χ4v) is 3.40. The first-order chi connectivity index (χ1) is 14.5. The lowest BCUT2D eigenvalue weighted by Crippen LogP contribution is -2.80. The lowest BCUT2D eigenvalue weighted by molar-refractivity contribution is -0.422. The van der Waals surface area contributed by atoms with E-state index in [0.29, 0.717) is 0 Å². The van der Waals surface area contributed by atoms with E-state index in [2.05, 4.69) is 22.3 Å². The summed E-state index contributed by atoms with van der Waals surface area (Å²) < 4.78 is 127. The Labute approximate surface area is 179 Å². The predicted molar refractivity (Wildman–Crippen MR) is 94.0 cm³/mol. The molecular weight excluding hydrogens is 483 g/mol. The van der Waals surface area contributed by atoms with E-state index in [-0.39, 0.29) is 5.56 Å². The second-order valence-corrected chi connectivity index (χ2v) is 7.11. The monoisotopic (exact) mass is 498 g/mol. The average Bonchev–Trinajstić information content (AvgIpc) is 2.66. The Morgan fingerprint density at radius 3 is 2.06 bits per heavy atom. The molecule has 0 bridgehead atoms. The van der Waals surface area contributed by atoms with Gasteiger partial charge in [-0.1, -0.05) is 30.3 Å². The summed E-state index contributed by atoms with van der Waals surface area (Å²) in [6.07, 6.45) is -7.12. The van der Waals surface area contributed by atoms with Crippen molar-refractivity contribution in [2.45, 2.75) is 42.6 Å². The molecule has 1 aromatic carbocycles. The molecule has 5 nitrogen and oxygen atoms in total. The van der Waals surface area contributed by atoms with E-state index in [0.717, 1.165) is 0 Å². The summed E-state index contributed by atoms with van der Waals surface area (Å²) in [6.45, 7) is 0.644. The smallest absolute Gasteiger partial charge is 0.460 e. The standard InChI is InChI=1S/C17H15F9N2O3S/c1-2-31-11(29)9-10(8-6-4-3-5-7-8)27-12(32)28-13(9,30)14(18,19)15(20,21)16(22,23)17(24,25)26/h3-7,9-10,30H,2H2,1H3,(H2,27,28,32)/t9-,10-,13+/m0/s1. The molecule has 0 unspecified atom stereocenters. The largest absolute Gasteiger partial charge is 0.466 e. The van der Waals surface area contributed by atoms with E-state index in [4.69, 9.17) is 0 Å². The molecule has 3 atom stereocenters. The molecule has 0 saturated carbocycles. The highest BCUT2D eigenvalue weighted by Crippen LogP contribution is 2.58. The van der Waals surface area contributed by atoms with Gasteiger partial charge in [0.05, 0.1) is 12.6 Å². The molecule has 180 valence electrons. The number of nitrogens with one attached hydrogen (secondary N) is 2. The van der Waals surface area contributed by atoms with Crippen molar-refractivity contribution in [1.82, 2.24) is 10.6 Å². The van der Waals surface area contributed by atoms with Gasteiger partial charge in [-0.25, -0.2) is 0 Å². The van der Waals surface area contributed by atoms with Crippen molar-refractivity contribution >= 4 is 23.3 Å². The zero-order chi connectivity index (χ0) is 24.8. The topological polar surface area (TPSA) is 70.6 Å². The van der Waals surface area contributed by atoms with Gasteiger partial charge in [-0.05, 0) is 24.7 Å². The van der Waals surface area contributed by atoms with Gasteiger partial charge in [0.25, 0.3) is 0 Å². The summed E-state index contributed by atoms with van der Waals surface area (Å²) in [5, 5.41) is 13.0. The van der Waals surface area contributed by atoms with E-state index in [1.807, 2.05) is 0 Å². The zero-order valence-electron chi connectivity index (χ0n) is 15.8. The van der Waals surface area contributed by atoms with E-state index in [1.54, 1.807) is 0 Å². The molecule has 1 heterocycles. The van der Waals surface area contributed by atoms with E-state index in [9.17, 15) is 49.4 Å². The van der Waals surface area contributed by atoms with Crippen LogP contribution in [0.3, 0.4) is 0 Å². The first-order valence-electron chi connectivity index (χ1n) is 8.68. The summed E-state index contributed by atoms with van der Waals surface area (Å²) in [6, 6.07) is 4.55. The molecule has 0 amide bonds. The number of alkyl halides is 9. The van der Waals surface area contributed by atoms with Crippen LogP contribution in [0.1, 0.15) is 18.5 Å². The number of rotatable bonds is 6. The van der Waals surface area contributed by atoms with Gasteiger partial charge in [0.2, 0.25) is 5.72 Å². The number of benzene rings is 1. The number of aliphatic hydroxyl groups is 1. The number of carbonyl (C=O) groups excluding carboxylic acids is 1. The molecule has 0 aromatic heterocycles. The maximum Gasteiger partial charge on any atom is 0.460 e. The molecule has 1 fully saturated rings. The van der Waals surface area contributed by atoms with Crippen LogP contribution < -0.4 is 10.6 Å². The Morgan fingerprint density at radius 1 is 1.06 bits per heavy atom. The second-order valence-electron chi connectivity index (χ2n) is 6.70. The van der Waals surface area contributed by atoms with Gasteiger partial charge in [0, 0.05) is 0 Å². The molecule has 0 radical (unpaired) electrons. The van der Waals surface area contributed by atoms with Gasteiger partial charge in [0.1, 0.15) is 5.92 Å². The molecule has 0 aliphatic carbocycles. The number of thiocarbonyl (C=S) groups is 1. The quantitative estimate of drug-likeness (QED) is 0.317. The van der Waals surface area contributed by atoms with Gasteiger partial charge in [-0.15, -0.1) is 0 Å². The predicted octanol–water partition coefficient (Wildman–Crippen LogP) is 3.54. The van der Waals surface area contributed by atoms with Crippen molar-refractivity contribution in [1.29, 1.82) is 0 Å². The molecule has 32 heavy (non-hydrogen) atoms. The fraction of sp³-hybridized carbons (Fsp3) is 0.529. The number of hydrogen-bond donors (Lipinski definition) is 3. The highest BCUT2D eigenvalue weighted by atomic mass is 32.1. The van der Waals surface area contributed by atoms with Crippen LogP contribution in [0, 0.1) is 5.92 Å². The number of hydrogen-bond acceptors (Lipinski definition) is 4. The van der Waals surface area contributed by atoms with Crippen LogP contribution in [0.2, 0.25) is 0 Å². The van der Waals surface area contributed by atoms with Crippen LogP contribution >= 0.6 is 12.2 Å². The highest BCUT2D eigenvalue weighted by molar-refractivity contribution is 7.80. The molecule has 1 aliphatic rings. The summed E-state index contributed by atoms with van der Waals surface area (Å²) in [7, 11) is 0. The van der Waals surface area contributed by atoms with Crippen molar-refractivity contribution in [2.75, 3.05) is 6.61 Å². The third kappa shape index (κ3) is 3.84. The van der Waals surface area contributed by atoms with Gasteiger partial charge in [0.15, 0.2) is 5.11 Å². The molecular formula is C17H15F9N2O3S. The number of ether oxygens (including phenoxy) is 1. The summed E-state index contributed by atoms with van der Waals surface area (Å²) in [5.74, 6) is -25.8. The van der Waals surface area contributed by atoms with Crippen LogP contribution in [0.4, 0.5) is 39.5 Å². The minimum Gasteiger partial charge on any atom is -0.466 e. The van der Waals surface area contributed by atoms with Crippen molar-refractivity contribution in [3.05, 3.63) is 35.9 Å². The summed E-state index contributed by atoms with van der Waals surface area (Å²) >= 11 is 4.57. The van der Waals surface area contributed by atoms with E-state index < -0.39 is 59.3 Å². The van der Waals surface area contributed by atoms with E-state index in [1.165, 1.54) is 42.6 Å². The van der Waals surface area contributed by atoms with Gasteiger partial charge < -0.3 is 20.5 Å². The Hall–Kier alpha value is -2.29. The third-order valence-electron chi connectivity index (χ3n) is 4.70. The summed E-state index contributed by atoms with van der Waals surface area (Å²) in [5.41, 5.74) is -4.84. The number of halogens is 9. The maximum absolute atomic E-state index is 14.9. The lowest BCUT2D eigenvalue weighted by Gasteiger charge is -2.50. The fourth-order valence-electron chi connectivity index (χ4n) is 3.12. The van der Waals surface area contributed by atoms with E-state index >= 15 is 0 Å². The Kier molecular flexibility index (Phi) is 6.69. The Bertz CT molecular complexity index is 867. The van der Waals surface area contributed by atoms with Crippen LogP contribution in [-0.4, -0.2) is 52.5 Å². The molecule has 1 aromatic rings. The molecule has 1 aliphatic heterocycles. The minimum atomic E-state index is -7.30. The lowest BCUT2D eigenvalue weighted by atomic mass is 9.76. The maximum atomic E-state index is 14.9. The zero-order valence-corrected chi connectivity index (χ0v) is 16.6. The number of esters is 1. The minimum absolute atomic E-state index is 0.116. The molecule has 3 N–H and O–H groups in total. The van der Waals surface area contributed by atoms with Crippen LogP contribution in [-0.2, 0) is 9.53 Å². The third-order valence-corrected chi connectivity index (χ3v) is 4.92. The highest BCUT2D eigenvalue weighted by Gasteiger charge is 2.87. The van der Waals surface area contributed by atoms with Crippen molar-refractivity contribution in [3.8, 4) is 0 Å². The average molecular weight is 498 g/mol. The number of carbonyl (C=O) groups is 1. The molecule has 1 saturated heterocycles. The molecule has 0 spiro atoms. The van der Waals surface area contributed by atoms with Crippen molar-refractivity contribution in [3.63, 3.8) is 0 Å². The first-order valence-corrected chi connectivity index (χ1v) is 9.09. The van der Waals surface area contributed by atoms with Crippen molar-refractivity contribution in [2.24, 2.45) is 5.92 Å².